The van der Waals surface area contributed by atoms with Crippen LogP contribution in [0.4, 0.5) is 4.79 Å². The molecule has 1 aliphatic rings. The van der Waals surface area contributed by atoms with Crippen LogP contribution >= 0.6 is 0 Å². The van der Waals surface area contributed by atoms with Gasteiger partial charge in [0.05, 0.1) is 5.69 Å². The van der Waals surface area contributed by atoms with E-state index >= 15 is 0 Å². The Balaban J connectivity index is 1.87. The molecule has 2 N–H and O–H groups in total. The van der Waals surface area contributed by atoms with Crippen molar-refractivity contribution >= 4 is 6.03 Å². The molecular weight excluding hydrogens is 270 g/mol. The molecule has 1 aliphatic heterocycles. The highest BCUT2D eigenvalue weighted by molar-refractivity contribution is 5.74. The van der Waals surface area contributed by atoms with Crippen molar-refractivity contribution in [3.63, 3.8) is 0 Å². The smallest absolute Gasteiger partial charge is 0.317 e. The summed E-state index contributed by atoms with van der Waals surface area (Å²) in [6.07, 6.45) is 2.66. The first kappa shape index (κ1) is 15.8. The maximum absolute atomic E-state index is 12.3. The molecule has 6 nitrogen and oxygen atoms in total. The Kier molecular flexibility index (Phi) is 5.22. The zero-order valence-electron chi connectivity index (χ0n) is 13.1. The molecule has 6 heteroatoms. The van der Waals surface area contributed by atoms with E-state index in [4.69, 9.17) is 4.52 Å². The highest BCUT2D eigenvalue weighted by atomic mass is 16.5. The number of likely N-dealkylation sites (tertiary alicyclic amines) is 1. The second-order valence-electron chi connectivity index (χ2n) is 5.99. The van der Waals surface area contributed by atoms with Crippen molar-refractivity contribution in [2.24, 2.45) is 5.92 Å². The Hall–Kier alpha value is -1.56. The predicted molar refractivity (Wildman–Crippen MR) is 79.1 cm³/mol. The lowest BCUT2D eigenvalue weighted by Crippen LogP contribution is -2.49. The zero-order chi connectivity index (χ0) is 15.4. The molecule has 1 saturated heterocycles. The molecule has 1 aromatic heterocycles. The number of aryl methyl sites for hydroxylation is 2. The summed E-state index contributed by atoms with van der Waals surface area (Å²) in [7, 11) is 0. The van der Waals surface area contributed by atoms with Crippen LogP contribution in [0.25, 0.3) is 0 Å². The molecule has 0 bridgehead atoms. The minimum atomic E-state index is -0.0487. The van der Waals surface area contributed by atoms with Gasteiger partial charge in [-0.25, -0.2) is 4.79 Å². The number of hydrogen-bond donors (Lipinski definition) is 2. The van der Waals surface area contributed by atoms with Crippen molar-refractivity contribution < 1.29 is 14.4 Å². The number of hydrogen-bond acceptors (Lipinski definition) is 4. The number of carbonyl (C=O) groups excluding carboxylic acids is 1. The molecule has 21 heavy (non-hydrogen) atoms. The van der Waals surface area contributed by atoms with E-state index in [2.05, 4.69) is 10.5 Å². The lowest BCUT2D eigenvalue weighted by Gasteiger charge is -2.32. The lowest BCUT2D eigenvalue weighted by molar-refractivity contribution is 0.128. The molecule has 2 amide bonds. The third-order valence-electron chi connectivity index (χ3n) is 4.13. The normalized spacial score (nSPS) is 20.4. The molecule has 118 valence electrons. The van der Waals surface area contributed by atoms with Crippen molar-refractivity contribution in [1.29, 1.82) is 0 Å². The second-order valence-corrected chi connectivity index (χ2v) is 5.99. The third kappa shape index (κ3) is 3.97. The minimum absolute atomic E-state index is 0.0174. The maximum Gasteiger partial charge on any atom is 0.317 e. The Morgan fingerprint density at radius 3 is 2.95 bits per heavy atom. The zero-order valence-corrected chi connectivity index (χ0v) is 13.1. The molecule has 2 rings (SSSR count). The summed E-state index contributed by atoms with van der Waals surface area (Å²) in [5, 5.41) is 16.2. The molecule has 0 saturated carbocycles. The van der Waals surface area contributed by atoms with Crippen LogP contribution in [0.5, 0.6) is 0 Å². The highest BCUT2D eigenvalue weighted by Crippen LogP contribution is 2.17. The average molecular weight is 295 g/mol. The van der Waals surface area contributed by atoms with Gasteiger partial charge in [-0.1, -0.05) is 5.16 Å². The van der Waals surface area contributed by atoms with Gasteiger partial charge in [-0.15, -0.1) is 0 Å². The SMILES string of the molecule is Cc1noc(C)c1CC(C)NC(=O)N1CCCC(CO)C1. The molecular formula is C15H25N3O3. The van der Waals surface area contributed by atoms with E-state index in [9.17, 15) is 9.90 Å². The molecule has 0 radical (unpaired) electrons. The molecule has 2 unspecified atom stereocenters. The van der Waals surface area contributed by atoms with Gasteiger partial charge in [0.2, 0.25) is 0 Å². The Morgan fingerprint density at radius 1 is 1.57 bits per heavy atom. The Morgan fingerprint density at radius 2 is 2.33 bits per heavy atom. The van der Waals surface area contributed by atoms with Crippen molar-refractivity contribution in [2.75, 3.05) is 19.7 Å². The predicted octanol–water partition coefficient (Wildman–Crippen LogP) is 1.64. The van der Waals surface area contributed by atoms with Crippen LogP contribution in [0.2, 0.25) is 0 Å². The Labute approximate surface area is 125 Å². The number of aliphatic hydroxyl groups excluding tert-OH is 1. The van der Waals surface area contributed by atoms with Crippen LogP contribution in [0.3, 0.4) is 0 Å². The number of nitrogens with zero attached hydrogens (tertiary/aromatic N) is 2. The second kappa shape index (κ2) is 6.93. The van der Waals surface area contributed by atoms with Gasteiger partial charge in [0.1, 0.15) is 5.76 Å². The van der Waals surface area contributed by atoms with Crippen molar-refractivity contribution in [3.05, 3.63) is 17.0 Å². The topological polar surface area (TPSA) is 78.6 Å². The van der Waals surface area contributed by atoms with E-state index in [1.807, 2.05) is 20.8 Å². The number of aliphatic hydroxyl groups is 1. The van der Waals surface area contributed by atoms with E-state index in [0.29, 0.717) is 13.0 Å². The van der Waals surface area contributed by atoms with Gasteiger partial charge in [0.25, 0.3) is 0 Å². The standard InChI is InChI=1S/C15H25N3O3/c1-10(7-14-11(2)17-21-12(14)3)16-15(20)18-6-4-5-13(8-18)9-19/h10,13,19H,4-9H2,1-3H3,(H,16,20). The van der Waals surface area contributed by atoms with Gasteiger partial charge in [0.15, 0.2) is 0 Å². The first-order chi connectivity index (χ1) is 10.0. The lowest BCUT2D eigenvalue weighted by atomic mass is 9.99. The number of urea groups is 1. The maximum atomic E-state index is 12.3. The first-order valence-electron chi connectivity index (χ1n) is 7.59. The van der Waals surface area contributed by atoms with E-state index in [1.165, 1.54) is 0 Å². The number of rotatable bonds is 4. The van der Waals surface area contributed by atoms with E-state index in [0.717, 1.165) is 36.4 Å². The Bertz CT molecular complexity index is 467. The average Bonchev–Trinajstić information content (AvgIpc) is 2.79. The summed E-state index contributed by atoms with van der Waals surface area (Å²) in [5.41, 5.74) is 1.95. The van der Waals surface area contributed by atoms with Gasteiger partial charge < -0.3 is 19.8 Å². The number of carbonyl (C=O) groups is 1. The van der Waals surface area contributed by atoms with Gasteiger partial charge >= 0.3 is 6.03 Å². The number of nitrogens with one attached hydrogen (secondary N) is 1. The molecule has 0 spiro atoms. The van der Waals surface area contributed by atoms with E-state index < -0.39 is 0 Å². The molecule has 1 aromatic rings. The summed E-state index contributed by atoms with van der Waals surface area (Å²) >= 11 is 0. The van der Waals surface area contributed by atoms with Gasteiger partial charge in [-0.3, -0.25) is 0 Å². The number of piperidine rings is 1. The van der Waals surface area contributed by atoms with Gasteiger partial charge in [-0.2, -0.15) is 0 Å². The third-order valence-corrected chi connectivity index (χ3v) is 4.13. The van der Waals surface area contributed by atoms with Crippen LogP contribution < -0.4 is 5.32 Å². The van der Waals surface area contributed by atoms with Crippen LogP contribution in [-0.2, 0) is 6.42 Å². The molecule has 2 atom stereocenters. The molecule has 0 aromatic carbocycles. The van der Waals surface area contributed by atoms with Gasteiger partial charge in [0, 0.05) is 31.3 Å². The van der Waals surface area contributed by atoms with Gasteiger partial charge in [-0.05, 0) is 46.0 Å². The summed E-state index contributed by atoms with van der Waals surface area (Å²) < 4.78 is 5.15. The van der Waals surface area contributed by atoms with Crippen molar-refractivity contribution in [3.8, 4) is 0 Å². The van der Waals surface area contributed by atoms with Crippen LogP contribution in [0, 0.1) is 19.8 Å². The molecule has 2 heterocycles. The molecule has 1 fully saturated rings. The number of amides is 2. The summed E-state index contributed by atoms with van der Waals surface area (Å²) in [5.74, 6) is 1.02. The monoisotopic (exact) mass is 295 g/mol. The van der Waals surface area contributed by atoms with Crippen LogP contribution in [0.15, 0.2) is 4.52 Å². The van der Waals surface area contributed by atoms with Crippen molar-refractivity contribution in [1.82, 2.24) is 15.4 Å². The van der Waals surface area contributed by atoms with Crippen LogP contribution in [-0.4, -0.2) is 46.9 Å². The largest absolute Gasteiger partial charge is 0.396 e. The minimum Gasteiger partial charge on any atom is -0.396 e. The molecule has 0 aliphatic carbocycles. The quantitative estimate of drug-likeness (QED) is 0.885. The summed E-state index contributed by atoms with van der Waals surface area (Å²) in [4.78, 5) is 14.1. The highest BCUT2D eigenvalue weighted by Gasteiger charge is 2.24. The first-order valence-corrected chi connectivity index (χ1v) is 7.59. The fourth-order valence-corrected chi connectivity index (χ4v) is 2.85. The fourth-order valence-electron chi connectivity index (χ4n) is 2.85. The summed E-state index contributed by atoms with van der Waals surface area (Å²) in [6, 6.07) is -0.0313. The van der Waals surface area contributed by atoms with Crippen molar-refractivity contribution in [2.45, 2.75) is 46.1 Å². The summed E-state index contributed by atoms with van der Waals surface area (Å²) in [6.45, 7) is 7.34. The number of aromatic nitrogens is 1. The van der Waals surface area contributed by atoms with E-state index in [1.54, 1.807) is 4.90 Å². The van der Waals surface area contributed by atoms with Crippen LogP contribution in [0.1, 0.15) is 36.8 Å². The fraction of sp³-hybridized carbons (Fsp3) is 0.733. The van der Waals surface area contributed by atoms with E-state index in [-0.39, 0.29) is 24.6 Å².